The molecule has 0 unspecified atom stereocenters. The van der Waals surface area contributed by atoms with E-state index in [2.05, 4.69) is 47.7 Å². The lowest BCUT2D eigenvalue weighted by molar-refractivity contribution is 0.313. The Morgan fingerprint density at radius 2 is 2.12 bits per heavy atom. The summed E-state index contributed by atoms with van der Waals surface area (Å²) >= 11 is 0. The molecule has 0 spiro atoms. The number of benzene rings is 1. The first-order valence-corrected chi connectivity index (χ1v) is 5.95. The molecule has 4 nitrogen and oxygen atoms in total. The molecule has 1 aromatic heterocycles. The quantitative estimate of drug-likeness (QED) is 0.851. The summed E-state index contributed by atoms with van der Waals surface area (Å²) in [6.45, 7) is 6.25. The molecule has 0 amide bonds. The van der Waals surface area contributed by atoms with Gasteiger partial charge in [0.05, 0.1) is 12.2 Å². The second-order valence-electron chi connectivity index (χ2n) is 4.64. The van der Waals surface area contributed by atoms with Gasteiger partial charge in [-0.05, 0) is 25.0 Å². The summed E-state index contributed by atoms with van der Waals surface area (Å²) in [6.07, 6.45) is 2.05. The van der Waals surface area contributed by atoms with Crippen molar-refractivity contribution in [3.8, 4) is 11.3 Å². The Morgan fingerprint density at radius 1 is 1.29 bits per heavy atom. The van der Waals surface area contributed by atoms with E-state index in [0.29, 0.717) is 6.04 Å². The third kappa shape index (κ3) is 1.74. The van der Waals surface area contributed by atoms with Crippen LogP contribution < -0.4 is 5.32 Å². The van der Waals surface area contributed by atoms with E-state index in [1.165, 1.54) is 16.7 Å². The number of nitrogens with zero attached hydrogens (tertiary/aromatic N) is 3. The topological polar surface area (TPSA) is 42.7 Å². The fourth-order valence-electron chi connectivity index (χ4n) is 2.07. The maximum Gasteiger partial charge on any atom is 0.113 e. The molecular formula is C13H16N4. The van der Waals surface area contributed by atoms with Gasteiger partial charge in [0.1, 0.15) is 5.69 Å². The lowest BCUT2D eigenvalue weighted by Gasteiger charge is -2.26. The molecule has 0 radical (unpaired) electrons. The zero-order valence-corrected chi connectivity index (χ0v) is 10.1. The van der Waals surface area contributed by atoms with Gasteiger partial charge in [-0.15, -0.1) is 5.10 Å². The third-order valence-corrected chi connectivity index (χ3v) is 3.52. The van der Waals surface area contributed by atoms with Crippen LogP contribution in [0.25, 0.3) is 11.3 Å². The minimum Gasteiger partial charge on any atom is -0.312 e. The molecule has 1 aromatic carbocycles. The first kappa shape index (κ1) is 10.5. The van der Waals surface area contributed by atoms with Crippen molar-refractivity contribution < 1.29 is 0 Å². The third-order valence-electron chi connectivity index (χ3n) is 3.52. The van der Waals surface area contributed by atoms with Gasteiger partial charge < -0.3 is 5.32 Å². The normalized spacial score (nSPS) is 15.9. The Bertz CT molecular complexity index is 540. The molecule has 0 bridgehead atoms. The van der Waals surface area contributed by atoms with Crippen molar-refractivity contribution >= 4 is 0 Å². The van der Waals surface area contributed by atoms with E-state index < -0.39 is 0 Å². The second-order valence-corrected chi connectivity index (χ2v) is 4.64. The molecule has 2 heterocycles. The summed E-state index contributed by atoms with van der Waals surface area (Å²) in [6, 6.07) is 6.78. The fraction of sp³-hybridized carbons (Fsp3) is 0.385. The van der Waals surface area contributed by atoms with Crippen LogP contribution in [0, 0.1) is 13.8 Å². The van der Waals surface area contributed by atoms with Crippen LogP contribution in [-0.4, -0.2) is 28.1 Å². The second kappa shape index (κ2) is 3.96. The molecule has 3 rings (SSSR count). The molecule has 1 aliphatic rings. The van der Waals surface area contributed by atoms with E-state index in [-0.39, 0.29) is 0 Å². The maximum atomic E-state index is 4.28. The smallest absolute Gasteiger partial charge is 0.113 e. The van der Waals surface area contributed by atoms with E-state index in [9.17, 15) is 0 Å². The minimum absolute atomic E-state index is 0.473. The van der Waals surface area contributed by atoms with Gasteiger partial charge >= 0.3 is 0 Å². The van der Waals surface area contributed by atoms with Gasteiger partial charge in [0.25, 0.3) is 0 Å². The summed E-state index contributed by atoms with van der Waals surface area (Å²) in [5.74, 6) is 0. The fourth-order valence-corrected chi connectivity index (χ4v) is 2.07. The van der Waals surface area contributed by atoms with Gasteiger partial charge in [-0.2, -0.15) is 0 Å². The van der Waals surface area contributed by atoms with Crippen LogP contribution in [0.1, 0.15) is 17.2 Å². The summed E-state index contributed by atoms with van der Waals surface area (Å²) in [5, 5.41) is 11.7. The first-order valence-electron chi connectivity index (χ1n) is 5.95. The number of aryl methyl sites for hydroxylation is 1. The SMILES string of the molecule is Cc1cccc(-c2cn(C3CNC3)nn2)c1C. The van der Waals surface area contributed by atoms with E-state index in [0.717, 1.165) is 18.8 Å². The molecule has 1 fully saturated rings. The van der Waals surface area contributed by atoms with Gasteiger partial charge in [-0.1, -0.05) is 23.4 Å². The van der Waals surface area contributed by atoms with Crippen molar-refractivity contribution in [2.24, 2.45) is 0 Å². The zero-order valence-electron chi connectivity index (χ0n) is 10.1. The van der Waals surface area contributed by atoms with E-state index in [1.807, 2.05) is 10.9 Å². The number of hydrogen-bond acceptors (Lipinski definition) is 3. The Balaban J connectivity index is 1.97. The summed E-state index contributed by atoms with van der Waals surface area (Å²) in [4.78, 5) is 0. The number of hydrogen-bond donors (Lipinski definition) is 1. The van der Waals surface area contributed by atoms with Crippen LogP contribution in [0.15, 0.2) is 24.4 Å². The summed E-state index contributed by atoms with van der Waals surface area (Å²) in [5.41, 5.74) is 4.73. The predicted octanol–water partition coefficient (Wildman–Crippen LogP) is 1.71. The summed E-state index contributed by atoms with van der Waals surface area (Å²) in [7, 11) is 0. The van der Waals surface area contributed by atoms with Gasteiger partial charge in [-0.3, -0.25) is 0 Å². The van der Waals surface area contributed by atoms with E-state index in [4.69, 9.17) is 0 Å². The lowest BCUT2D eigenvalue weighted by Crippen LogP contribution is -2.43. The van der Waals surface area contributed by atoms with Crippen molar-refractivity contribution in [2.45, 2.75) is 19.9 Å². The van der Waals surface area contributed by atoms with Crippen LogP contribution in [-0.2, 0) is 0 Å². The monoisotopic (exact) mass is 228 g/mol. The Kier molecular flexibility index (Phi) is 2.44. The Hall–Kier alpha value is -1.68. The molecule has 0 saturated carbocycles. The molecule has 1 saturated heterocycles. The average molecular weight is 228 g/mol. The number of rotatable bonds is 2. The van der Waals surface area contributed by atoms with Crippen molar-refractivity contribution in [1.29, 1.82) is 0 Å². The maximum absolute atomic E-state index is 4.28. The standard InChI is InChI=1S/C13H16N4/c1-9-4-3-5-12(10(9)2)13-8-17(16-15-13)11-6-14-7-11/h3-5,8,11,14H,6-7H2,1-2H3. The van der Waals surface area contributed by atoms with Gasteiger partial charge in [0.2, 0.25) is 0 Å². The number of aromatic nitrogens is 3. The lowest BCUT2D eigenvalue weighted by atomic mass is 10.0. The van der Waals surface area contributed by atoms with Crippen LogP contribution in [0.4, 0.5) is 0 Å². The molecule has 88 valence electrons. The predicted molar refractivity (Wildman–Crippen MR) is 66.8 cm³/mol. The highest BCUT2D eigenvalue weighted by Gasteiger charge is 2.20. The molecule has 2 aromatic rings. The molecule has 4 heteroatoms. The van der Waals surface area contributed by atoms with Crippen LogP contribution in [0.5, 0.6) is 0 Å². The first-order chi connectivity index (χ1) is 8.25. The molecule has 1 N–H and O–H groups in total. The Morgan fingerprint density at radius 3 is 2.82 bits per heavy atom. The van der Waals surface area contributed by atoms with Crippen LogP contribution in [0.2, 0.25) is 0 Å². The summed E-state index contributed by atoms with van der Waals surface area (Å²) < 4.78 is 1.97. The molecular weight excluding hydrogens is 212 g/mol. The van der Waals surface area contributed by atoms with Gasteiger partial charge in [0, 0.05) is 18.7 Å². The highest BCUT2D eigenvalue weighted by Crippen LogP contribution is 2.24. The zero-order chi connectivity index (χ0) is 11.8. The van der Waals surface area contributed by atoms with Gasteiger partial charge in [-0.25, -0.2) is 4.68 Å². The van der Waals surface area contributed by atoms with Crippen molar-refractivity contribution in [1.82, 2.24) is 20.3 Å². The minimum atomic E-state index is 0.473. The van der Waals surface area contributed by atoms with Gasteiger partial charge in [0.15, 0.2) is 0 Å². The Labute approximate surface area is 101 Å². The number of nitrogens with one attached hydrogen (secondary N) is 1. The average Bonchev–Trinajstić information content (AvgIpc) is 2.68. The molecule has 0 aliphatic carbocycles. The molecule has 17 heavy (non-hydrogen) atoms. The van der Waals surface area contributed by atoms with Crippen LogP contribution in [0.3, 0.4) is 0 Å². The highest BCUT2D eigenvalue weighted by atomic mass is 15.4. The largest absolute Gasteiger partial charge is 0.312 e. The highest BCUT2D eigenvalue weighted by molar-refractivity contribution is 5.63. The van der Waals surface area contributed by atoms with Crippen LogP contribution >= 0.6 is 0 Å². The van der Waals surface area contributed by atoms with Crippen molar-refractivity contribution in [3.63, 3.8) is 0 Å². The van der Waals surface area contributed by atoms with Crippen molar-refractivity contribution in [3.05, 3.63) is 35.5 Å². The molecule has 0 atom stereocenters. The molecule has 1 aliphatic heterocycles. The van der Waals surface area contributed by atoms with E-state index in [1.54, 1.807) is 0 Å². The van der Waals surface area contributed by atoms with Crippen molar-refractivity contribution in [2.75, 3.05) is 13.1 Å². The van der Waals surface area contributed by atoms with E-state index >= 15 is 0 Å².